The largest absolute Gasteiger partial charge is 0.542 e. The molecule has 36 heavy (non-hydrogen) atoms. The number of allylic oxidation sites excluding steroid dienone is 2. The fourth-order valence-electron chi connectivity index (χ4n) is 7.40. The van der Waals surface area contributed by atoms with Crippen molar-refractivity contribution in [1.82, 2.24) is 0 Å². The van der Waals surface area contributed by atoms with Gasteiger partial charge in [0.1, 0.15) is 5.97 Å². The Labute approximate surface area is 210 Å². The highest BCUT2D eigenvalue weighted by atomic mass is 19.4. The number of carboxylic acid groups (broad SMARTS) is 1. The fourth-order valence-corrected chi connectivity index (χ4v) is 7.40. The van der Waals surface area contributed by atoms with Crippen molar-refractivity contribution in [2.24, 2.45) is 40.7 Å². The highest BCUT2D eigenvalue weighted by Crippen LogP contribution is 2.65. The molecule has 5 rings (SSSR count). The van der Waals surface area contributed by atoms with Gasteiger partial charge in [-0.2, -0.15) is 13.2 Å². The lowest BCUT2D eigenvalue weighted by molar-refractivity contribution is -0.657. The number of aromatic nitrogens is 1. The number of carbonyl (C=O) groups is 1. The molecule has 1 heterocycles. The molecular weight excluding hydrogens is 471 g/mol. The number of alkyl halides is 3. The van der Waals surface area contributed by atoms with Gasteiger partial charge in [0.25, 0.3) is 5.82 Å². The number of hydrogen-bond donors (Lipinski definition) is 2. The van der Waals surface area contributed by atoms with E-state index in [-0.39, 0.29) is 11.5 Å². The number of hydrogen-bond acceptors (Lipinski definition) is 5. The quantitative estimate of drug-likeness (QED) is 0.470. The van der Waals surface area contributed by atoms with Crippen LogP contribution in [-0.4, -0.2) is 29.1 Å². The number of nitrogens with one attached hydrogen (secondary N) is 1. The molecule has 198 valence electrons. The van der Waals surface area contributed by atoms with E-state index in [2.05, 4.69) is 36.0 Å². The van der Waals surface area contributed by atoms with E-state index < -0.39 is 12.1 Å². The Kier molecular flexibility index (Phi) is 7.25. The maximum absolute atomic E-state index is 10.6. The number of aliphatic hydroxyl groups is 1. The maximum atomic E-state index is 10.6. The summed E-state index contributed by atoms with van der Waals surface area (Å²) in [5.41, 5.74) is 6.59. The Morgan fingerprint density at radius 1 is 1.14 bits per heavy atom. The van der Waals surface area contributed by atoms with Crippen LogP contribution in [0.3, 0.4) is 0 Å². The highest BCUT2D eigenvalue weighted by molar-refractivity contribution is 5.97. The summed E-state index contributed by atoms with van der Waals surface area (Å²) in [5.74, 6) is 0.319. The monoisotopic (exact) mass is 507 g/mol. The Bertz CT molecular complexity index is 1060. The molecule has 2 N–H and O–H groups in total. The number of anilines is 1. The third kappa shape index (κ3) is 4.91. The van der Waals surface area contributed by atoms with Gasteiger partial charge in [-0.15, -0.1) is 5.43 Å². The molecule has 6 atom stereocenters. The van der Waals surface area contributed by atoms with E-state index in [0.717, 1.165) is 36.4 Å². The van der Waals surface area contributed by atoms with Crippen LogP contribution < -0.4 is 15.1 Å². The second-order valence-corrected chi connectivity index (χ2v) is 11.3. The number of aliphatic hydroxyl groups excluding tert-OH is 1. The number of aryl methyl sites for hydroxylation is 1. The molecule has 0 radical (unpaired) electrons. The molecular formula is C27H36F3N3O3. The molecule has 0 aromatic carbocycles. The number of aliphatic carboxylic acids is 1. The fraction of sp³-hybridized carbons (Fsp3) is 0.667. The number of rotatable bonds is 2. The van der Waals surface area contributed by atoms with E-state index in [9.17, 15) is 18.3 Å². The van der Waals surface area contributed by atoms with Gasteiger partial charge in [0, 0.05) is 6.07 Å². The predicted octanol–water partition coefficient (Wildman–Crippen LogP) is 3.90. The van der Waals surface area contributed by atoms with E-state index in [0.29, 0.717) is 5.41 Å². The van der Waals surface area contributed by atoms with E-state index in [1.807, 2.05) is 25.4 Å². The number of fused-ring (bicyclic) bond motifs is 5. The van der Waals surface area contributed by atoms with Gasteiger partial charge >= 0.3 is 6.18 Å². The van der Waals surface area contributed by atoms with Crippen LogP contribution in [0.15, 0.2) is 41.1 Å². The zero-order chi connectivity index (χ0) is 26.3. The van der Waals surface area contributed by atoms with E-state index in [1.165, 1.54) is 44.2 Å². The lowest BCUT2D eigenvalue weighted by Gasteiger charge is -2.57. The topological polar surface area (TPSA) is 88.6 Å². The normalized spacial score (nSPS) is 36.5. The average Bonchev–Trinajstić information content (AvgIpc) is 3.13. The van der Waals surface area contributed by atoms with Gasteiger partial charge in [0.05, 0.1) is 25.1 Å². The van der Waals surface area contributed by atoms with Crippen molar-refractivity contribution in [3.05, 3.63) is 36.0 Å². The molecule has 3 saturated carbocycles. The summed E-state index contributed by atoms with van der Waals surface area (Å²) in [6, 6.07) is 6.13. The van der Waals surface area contributed by atoms with Gasteiger partial charge in [-0.1, -0.05) is 30.6 Å². The molecule has 4 aliphatic rings. The second kappa shape index (κ2) is 9.80. The van der Waals surface area contributed by atoms with Crippen LogP contribution in [0.5, 0.6) is 0 Å². The lowest BCUT2D eigenvalue weighted by Crippen LogP contribution is -2.51. The summed E-state index contributed by atoms with van der Waals surface area (Å²) in [7, 11) is 2.04. The molecule has 9 heteroatoms. The zero-order valence-corrected chi connectivity index (χ0v) is 21.1. The first-order valence-electron chi connectivity index (χ1n) is 12.8. The van der Waals surface area contributed by atoms with Gasteiger partial charge in [0.2, 0.25) is 0 Å². The van der Waals surface area contributed by atoms with Crippen molar-refractivity contribution in [2.75, 3.05) is 5.43 Å². The number of nitrogens with zero attached hydrogens (tertiary/aromatic N) is 2. The van der Waals surface area contributed by atoms with Crippen molar-refractivity contribution in [3.8, 4) is 0 Å². The molecule has 3 fully saturated rings. The molecule has 0 saturated heterocycles. The average molecular weight is 508 g/mol. The minimum Gasteiger partial charge on any atom is -0.542 e. The third-order valence-corrected chi connectivity index (χ3v) is 9.53. The first-order chi connectivity index (χ1) is 16.9. The minimum atomic E-state index is -5.19. The SMILES string of the molecule is C[n+]1ccccc1N/N=C1/C=C2CC[C@H]3[C@@H]4CC[C@H](O)[C@@]4(C)CC[C@@H]3[C@@]2(C)CC1.O=C([O-])C(F)(F)F. The molecule has 1 aromatic heterocycles. The molecule has 1 aromatic rings. The Morgan fingerprint density at radius 3 is 2.53 bits per heavy atom. The first kappa shape index (κ1) is 26.6. The number of pyridine rings is 1. The molecule has 0 amide bonds. The number of carboxylic acids is 1. The third-order valence-electron chi connectivity index (χ3n) is 9.53. The summed E-state index contributed by atoms with van der Waals surface area (Å²) in [5, 5.41) is 24.2. The van der Waals surface area contributed by atoms with Crippen LogP contribution >= 0.6 is 0 Å². The van der Waals surface area contributed by atoms with Crippen molar-refractivity contribution in [2.45, 2.75) is 77.5 Å². The van der Waals surface area contributed by atoms with Crippen LogP contribution in [0, 0.1) is 28.6 Å². The smallest absolute Gasteiger partial charge is 0.430 e. The summed E-state index contributed by atoms with van der Waals surface area (Å²) >= 11 is 0. The van der Waals surface area contributed by atoms with Gasteiger partial charge in [-0.25, -0.2) is 4.57 Å². The summed E-state index contributed by atoms with van der Waals surface area (Å²) < 4.78 is 33.6. The van der Waals surface area contributed by atoms with Gasteiger partial charge < -0.3 is 15.0 Å². The number of halogens is 3. The molecule has 6 nitrogen and oxygen atoms in total. The molecule has 0 spiro atoms. The minimum absolute atomic E-state index is 0.0753. The molecule has 4 aliphatic carbocycles. The lowest BCUT2D eigenvalue weighted by atomic mass is 9.47. The van der Waals surface area contributed by atoms with E-state index >= 15 is 0 Å². The van der Waals surface area contributed by atoms with E-state index in [1.54, 1.807) is 5.57 Å². The van der Waals surface area contributed by atoms with E-state index in [4.69, 9.17) is 15.0 Å². The molecule has 0 aliphatic heterocycles. The zero-order valence-electron chi connectivity index (χ0n) is 21.1. The second-order valence-electron chi connectivity index (χ2n) is 11.3. The molecule has 0 bridgehead atoms. The summed E-state index contributed by atoms with van der Waals surface area (Å²) in [6.07, 6.45) is 8.69. The van der Waals surface area contributed by atoms with Crippen LogP contribution in [0.1, 0.15) is 65.2 Å². The van der Waals surface area contributed by atoms with Crippen LogP contribution in [0.25, 0.3) is 0 Å². The highest BCUT2D eigenvalue weighted by Gasteiger charge is 2.58. The standard InChI is InChI=1S/C25H35N3O.C2HF3O2/c1-24-13-11-18(26-27-23-6-4-5-15-28(23)3)16-17(24)7-8-19-20-9-10-22(29)25(20,2)14-12-21(19)24;3-2(4,5)1(6)7/h4-6,15-16,19-22,29H,7-14H2,1-3H3;(H,6,7)/b26-18+;/t19-,20-,21-,22-,24-,25-;/m0./s1. The Morgan fingerprint density at radius 2 is 1.86 bits per heavy atom. The van der Waals surface area contributed by atoms with Crippen molar-refractivity contribution < 1.29 is 32.7 Å². The predicted molar refractivity (Wildman–Crippen MR) is 127 cm³/mol. The molecule has 0 unspecified atom stereocenters. The summed E-state index contributed by atoms with van der Waals surface area (Å²) in [6.45, 7) is 4.91. The van der Waals surface area contributed by atoms with Crippen molar-refractivity contribution in [1.29, 1.82) is 0 Å². The maximum Gasteiger partial charge on any atom is 0.430 e. The van der Waals surface area contributed by atoms with Gasteiger partial charge in [-0.3, -0.25) is 0 Å². The van der Waals surface area contributed by atoms with Gasteiger partial charge in [-0.05, 0) is 92.1 Å². The van der Waals surface area contributed by atoms with Crippen molar-refractivity contribution in [3.63, 3.8) is 0 Å². The summed E-state index contributed by atoms with van der Waals surface area (Å²) in [4.78, 5) is 8.78. The Balaban J connectivity index is 0.000000384. The first-order valence-corrected chi connectivity index (χ1v) is 12.8. The van der Waals surface area contributed by atoms with Gasteiger partial charge in [0.15, 0.2) is 0 Å². The number of carbonyl (C=O) groups excluding carboxylic acids is 1. The van der Waals surface area contributed by atoms with Crippen LogP contribution in [0.2, 0.25) is 0 Å². The van der Waals surface area contributed by atoms with Crippen LogP contribution in [-0.2, 0) is 11.8 Å². The van der Waals surface area contributed by atoms with Crippen LogP contribution in [0.4, 0.5) is 19.0 Å². The number of hydrazone groups is 1. The van der Waals surface area contributed by atoms with Crippen molar-refractivity contribution >= 4 is 17.5 Å². The Hall–Kier alpha value is -2.42.